The molecule has 0 fully saturated rings. The summed E-state index contributed by atoms with van der Waals surface area (Å²) in [5.41, 5.74) is 0.295. The minimum atomic E-state index is 0.295. The second-order valence-electron chi connectivity index (χ2n) is 5.10. The normalized spacial score (nSPS) is 14.2. The number of nitrogens with zero attached hydrogens (tertiary/aromatic N) is 2. The summed E-state index contributed by atoms with van der Waals surface area (Å²) >= 11 is 0. The fraction of sp³-hybridized carbons (Fsp3) is 0.750. The van der Waals surface area contributed by atoms with Crippen LogP contribution in [0.5, 0.6) is 0 Å². The average molecular weight is 209 g/mol. The van der Waals surface area contributed by atoms with E-state index in [0.29, 0.717) is 11.5 Å². The van der Waals surface area contributed by atoms with Gasteiger partial charge in [-0.1, -0.05) is 20.8 Å². The summed E-state index contributed by atoms with van der Waals surface area (Å²) in [6.45, 7) is 12.9. The topological polar surface area (TPSA) is 29.9 Å². The first-order chi connectivity index (χ1) is 6.95. The van der Waals surface area contributed by atoms with E-state index in [9.17, 15) is 0 Å². The van der Waals surface area contributed by atoms with E-state index in [-0.39, 0.29) is 0 Å². The zero-order chi connectivity index (χ0) is 11.5. The predicted octanol–water partition coefficient (Wildman–Crippen LogP) is 2.43. The van der Waals surface area contributed by atoms with Gasteiger partial charge in [0.2, 0.25) is 0 Å². The Morgan fingerprint density at radius 3 is 2.67 bits per heavy atom. The van der Waals surface area contributed by atoms with E-state index in [1.807, 2.05) is 12.4 Å². The molecule has 1 aromatic heterocycles. The van der Waals surface area contributed by atoms with Crippen LogP contribution in [-0.4, -0.2) is 15.6 Å². The molecule has 1 atom stereocenters. The number of aryl methyl sites for hydroxylation is 1. The van der Waals surface area contributed by atoms with Crippen molar-refractivity contribution in [3.63, 3.8) is 0 Å². The lowest BCUT2D eigenvalue weighted by molar-refractivity contribution is 0.282. The van der Waals surface area contributed by atoms with E-state index in [4.69, 9.17) is 0 Å². The molecule has 3 heteroatoms. The van der Waals surface area contributed by atoms with Gasteiger partial charge in [-0.3, -0.25) is 0 Å². The molecule has 0 saturated heterocycles. The maximum atomic E-state index is 4.34. The summed E-state index contributed by atoms with van der Waals surface area (Å²) in [5.74, 6) is 1.12. The van der Waals surface area contributed by atoms with Crippen LogP contribution in [-0.2, 0) is 13.1 Å². The highest BCUT2D eigenvalue weighted by molar-refractivity contribution is 4.92. The lowest BCUT2D eigenvalue weighted by Crippen LogP contribution is -2.37. The van der Waals surface area contributed by atoms with E-state index < -0.39 is 0 Å². The molecule has 1 heterocycles. The number of rotatable bonds is 4. The number of imidazole rings is 1. The summed E-state index contributed by atoms with van der Waals surface area (Å²) in [6, 6.07) is 0.486. The monoisotopic (exact) mass is 209 g/mol. The third-order valence-electron chi connectivity index (χ3n) is 3.01. The Balaban J connectivity index is 2.50. The quantitative estimate of drug-likeness (QED) is 0.825. The molecule has 0 aliphatic carbocycles. The highest BCUT2D eigenvalue weighted by Crippen LogP contribution is 2.18. The first-order valence-corrected chi connectivity index (χ1v) is 5.68. The SMILES string of the molecule is CCn1ccnc1CNC(C)C(C)(C)C. The third kappa shape index (κ3) is 3.34. The minimum Gasteiger partial charge on any atom is -0.334 e. The molecule has 0 saturated carbocycles. The van der Waals surface area contributed by atoms with Crippen molar-refractivity contribution >= 4 is 0 Å². The van der Waals surface area contributed by atoms with Crippen molar-refractivity contribution in [2.24, 2.45) is 5.41 Å². The molecule has 0 radical (unpaired) electrons. The van der Waals surface area contributed by atoms with Crippen LogP contribution in [0.1, 0.15) is 40.4 Å². The second-order valence-corrected chi connectivity index (χ2v) is 5.10. The van der Waals surface area contributed by atoms with Crippen molar-refractivity contribution in [2.45, 2.75) is 53.8 Å². The Morgan fingerprint density at radius 1 is 1.47 bits per heavy atom. The van der Waals surface area contributed by atoms with Gasteiger partial charge >= 0.3 is 0 Å². The van der Waals surface area contributed by atoms with Gasteiger partial charge in [-0.25, -0.2) is 4.98 Å². The molecule has 86 valence electrons. The van der Waals surface area contributed by atoms with E-state index >= 15 is 0 Å². The number of aromatic nitrogens is 2. The van der Waals surface area contributed by atoms with Gasteiger partial charge in [-0.05, 0) is 19.3 Å². The number of hydrogen-bond acceptors (Lipinski definition) is 2. The van der Waals surface area contributed by atoms with E-state index in [1.165, 1.54) is 0 Å². The van der Waals surface area contributed by atoms with Crippen LogP contribution in [0.25, 0.3) is 0 Å². The van der Waals surface area contributed by atoms with Crippen LogP contribution >= 0.6 is 0 Å². The second kappa shape index (κ2) is 4.79. The lowest BCUT2D eigenvalue weighted by Gasteiger charge is -2.28. The van der Waals surface area contributed by atoms with Gasteiger partial charge in [0, 0.05) is 25.0 Å². The fourth-order valence-electron chi connectivity index (χ4n) is 1.35. The summed E-state index contributed by atoms with van der Waals surface area (Å²) in [4.78, 5) is 4.34. The van der Waals surface area contributed by atoms with Crippen LogP contribution < -0.4 is 5.32 Å². The van der Waals surface area contributed by atoms with Crippen LogP contribution in [0, 0.1) is 5.41 Å². The summed E-state index contributed by atoms with van der Waals surface area (Å²) in [6.07, 6.45) is 3.89. The molecule has 0 spiro atoms. The molecule has 1 unspecified atom stereocenters. The highest BCUT2D eigenvalue weighted by atomic mass is 15.1. The molecule has 0 aliphatic heterocycles. The van der Waals surface area contributed by atoms with Crippen molar-refractivity contribution in [1.82, 2.24) is 14.9 Å². The Labute approximate surface area is 92.9 Å². The standard InChI is InChI=1S/C12H23N3/c1-6-15-8-7-13-11(15)9-14-10(2)12(3,4)5/h7-8,10,14H,6,9H2,1-5H3. The van der Waals surface area contributed by atoms with Crippen molar-refractivity contribution in [2.75, 3.05) is 0 Å². The fourth-order valence-corrected chi connectivity index (χ4v) is 1.35. The van der Waals surface area contributed by atoms with Crippen molar-refractivity contribution in [3.8, 4) is 0 Å². The molecule has 1 rings (SSSR count). The average Bonchev–Trinajstić information content (AvgIpc) is 2.59. The Kier molecular flexibility index (Phi) is 3.91. The third-order valence-corrected chi connectivity index (χ3v) is 3.01. The van der Waals surface area contributed by atoms with Gasteiger partial charge in [0.05, 0.1) is 6.54 Å². The molecule has 1 aromatic rings. The molecular formula is C12H23N3. The molecule has 0 bridgehead atoms. The van der Waals surface area contributed by atoms with Crippen molar-refractivity contribution in [3.05, 3.63) is 18.2 Å². The van der Waals surface area contributed by atoms with Gasteiger partial charge in [-0.2, -0.15) is 0 Å². The number of nitrogens with one attached hydrogen (secondary N) is 1. The van der Waals surface area contributed by atoms with Crippen LogP contribution in [0.4, 0.5) is 0 Å². The lowest BCUT2D eigenvalue weighted by atomic mass is 9.88. The first-order valence-electron chi connectivity index (χ1n) is 5.68. The molecule has 15 heavy (non-hydrogen) atoms. The smallest absolute Gasteiger partial charge is 0.122 e. The summed E-state index contributed by atoms with van der Waals surface area (Å²) < 4.78 is 2.17. The molecule has 3 nitrogen and oxygen atoms in total. The zero-order valence-electron chi connectivity index (χ0n) is 10.5. The van der Waals surface area contributed by atoms with Crippen molar-refractivity contribution < 1.29 is 0 Å². The zero-order valence-corrected chi connectivity index (χ0v) is 10.5. The largest absolute Gasteiger partial charge is 0.334 e. The van der Waals surface area contributed by atoms with Gasteiger partial charge in [0.1, 0.15) is 5.82 Å². The van der Waals surface area contributed by atoms with Gasteiger partial charge in [0.25, 0.3) is 0 Å². The Hall–Kier alpha value is -0.830. The van der Waals surface area contributed by atoms with E-state index in [0.717, 1.165) is 18.9 Å². The molecule has 0 amide bonds. The van der Waals surface area contributed by atoms with Crippen LogP contribution in [0.2, 0.25) is 0 Å². The first kappa shape index (κ1) is 12.2. The molecule has 0 aromatic carbocycles. The minimum absolute atomic E-state index is 0.295. The molecular weight excluding hydrogens is 186 g/mol. The maximum Gasteiger partial charge on any atom is 0.122 e. The molecule has 1 N–H and O–H groups in total. The van der Waals surface area contributed by atoms with E-state index in [2.05, 4.69) is 49.5 Å². The molecule has 0 aliphatic rings. The van der Waals surface area contributed by atoms with Gasteiger partial charge < -0.3 is 9.88 Å². The Morgan fingerprint density at radius 2 is 2.13 bits per heavy atom. The highest BCUT2D eigenvalue weighted by Gasteiger charge is 2.19. The van der Waals surface area contributed by atoms with Gasteiger partial charge in [-0.15, -0.1) is 0 Å². The van der Waals surface area contributed by atoms with Crippen LogP contribution in [0.15, 0.2) is 12.4 Å². The number of hydrogen-bond donors (Lipinski definition) is 1. The Bertz CT molecular complexity index is 296. The summed E-state index contributed by atoms with van der Waals surface area (Å²) in [5, 5.41) is 3.52. The van der Waals surface area contributed by atoms with E-state index in [1.54, 1.807) is 0 Å². The maximum absolute atomic E-state index is 4.34. The summed E-state index contributed by atoms with van der Waals surface area (Å²) in [7, 11) is 0. The van der Waals surface area contributed by atoms with Gasteiger partial charge in [0.15, 0.2) is 0 Å². The van der Waals surface area contributed by atoms with Crippen LogP contribution in [0.3, 0.4) is 0 Å². The van der Waals surface area contributed by atoms with Crippen molar-refractivity contribution in [1.29, 1.82) is 0 Å². The predicted molar refractivity (Wildman–Crippen MR) is 63.7 cm³/mol.